The number of likely N-dealkylation sites (N-methyl/N-ethyl adjacent to an activating group) is 1. The number of nitrogens with one attached hydrogen (secondary N) is 2. The van der Waals surface area contributed by atoms with Gasteiger partial charge >= 0.3 is 0 Å². The number of hydrogen-bond donors (Lipinski definition) is 2. The molecule has 2 aromatic heterocycles. The highest BCUT2D eigenvalue weighted by atomic mass is 16.5. The van der Waals surface area contributed by atoms with Crippen LogP contribution in [0.2, 0.25) is 0 Å². The normalized spacial score (nSPS) is 16.1. The number of imide groups is 1. The topological polar surface area (TPSA) is 124 Å². The fraction of sp³-hybridized carbons (Fsp3) is 0.320. The Bertz CT molecular complexity index is 1510. The lowest BCUT2D eigenvalue weighted by Crippen LogP contribution is -2.40. The van der Waals surface area contributed by atoms with Crippen LogP contribution in [0.15, 0.2) is 41.5 Å². The first-order valence-electron chi connectivity index (χ1n) is 11.5. The number of benzene rings is 2. The number of ether oxygens (including phenoxy) is 1. The van der Waals surface area contributed by atoms with Crippen molar-refractivity contribution in [1.29, 1.82) is 0 Å². The van der Waals surface area contributed by atoms with Crippen molar-refractivity contribution in [1.82, 2.24) is 29.7 Å². The molecule has 1 aliphatic rings. The molecule has 0 radical (unpaired) electrons. The summed E-state index contributed by atoms with van der Waals surface area (Å²) in [5.41, 5.74) is 2.39. The monoisotopic (exact) mass is 474 g/mol. The summed E-state index contributed by atoms with van der Waals surface area (Å²) in [7, 11) is 3.65. The molecule has 0 unspecified atom stereocenters. The van der Waals surface area contributed by atoms with E-state index in [1.807, 2.05) is 25.9 Å². The minimum Gasteiger partial charge on any atom is -0.493 e. The van der Waals surface area contributed by atoms with Crippen molar-refractivity contribution < 1.29 is 14.3 Å². The van der Waals surface area contributed by atoms with Gasteiger partial charge in [0, 0.05) is 12.1 Å². The smallest absolute Gasteiger partial charge is 0.260 e. The fourth-order valence-corrected chi connectivity index (χ4v) is 4.38. The van der Waals surface area contributed by atoms with Crippen LogP contribution in [0, 0.1) is 0 Å². The van der Waals surface area contributed by atoms with E-state index in [0.717, 1.165) is 11.9 Å². The number of amides is 2. The Balaban J connectivity index is 1.59. The number of carbonyl (C=O) groups excluding carboxylic acids is 2. The van der Waals surface area contributed by atoms with Crippen molar-refractivity contribution in [2.24, 2.45) is 0 Å². The van der Waals surface area contributed by atoms with Crippen LogP contribution in [0.25, 0.3) is 33.3 Å². The van der Waals surface area contributed by atoms with Gasteiger partial charge in [-0.15, -0.1) is 0 Å². The number of hydrogen-bond acceptors (Lipinski definition) is 7. The van der Waals surface area contributed by atoms with Gasteiger partial charge in [-0.05, 0) is 57.3 Å². The lowest BCUT2D eigenvalue weighted by molar-refractivity contribution is -0.129. The maximum atomic E-state index is 13.3. The number of aromatic nitrogens is 4. The predicted molar refractivity (Wildman–Crippen MR) is 131 cm³/mol. The number of imidazole rings is 1. The van der Waals surface area contributed by atoms with Gasteiger partial charge in [0.1, 0.15) is 11.6 Å². The highest BCUT2D eigenvalue weighted by Crippen LogP contribution is 2.31. The SMILES string of the molecule is CCCOc1ccc(C(=O)N2CC[C@H](N(C)C)C2=O)cc1-c1nc2cc3nc[nH]c3cc2c(=O)[nH]1. The minimum absolute atomic E-state index is 0.215. The molecule has 4 aromatic rings. The fourth-order valence-electron chi connectivity index (χ4n) is 4.38. The molecule has 1 aliphatic heterocycles. The van der Waals surface area contributed by atoms with E-state index in [4.69, 9.17) is 4.74 Å². The van der Waals surface area contributed by atoms with Crippen LogP contribution < -0.4 is 10.3 Å². The number of aromatic amines is 2. The van der Waals surface area contributed by atoms with Gasteiger partial charge in [-0.3, -0.25) is 24.2 Å². The highest BCUT2D eigenvalue weighted by molar-refractivity contribution is 6.07. The summed E-state index contributed by atoms with van der Waals surface area (Å²) in [6, 6.07) is 8.08. The Morgan fingerprint density at radius 1 is 1.20 bits per heavy atom. The Labute approximate surface area is 200 Å². The van der Waals surface area contributed by atoms with E-state index in [1.165, 1.54) is 4.90 Å². The molecule has 2 aromatic carbocycles. The third-order valence-corrected chi connectivity index (χ3v) is 6.24. The molecule has 10 heteroatoms. The molecular weight excluding hydrogens is 448 g/mol. The summed E-state index contributed by atoms with van der Waals surface area (Å²) >= 11 is 0. The van der Waals surface area contributed by atoms with Gasteiger partial charge in [-0.1, -0.05) is 6.92 Å². The second kappa shape index (κ2) is 8.95. The average Bonchev–Trinajstić information content (AvgIpc) is 3.47. The first-order chi connectivity index (χ1) is 16.9. The van der Waals surface area contributed by atoms with Gasteiger partial charge in [0.15, 0.2) is 0 Å². The van der Waals surface area contributed by atoms with E-state index in [0.29, 0.717) is 52.9 Å². The van der Waals surface area contributed by atoms with Crippen LogP contribution >= 0.6 is 0 Å². The predicted octanol–water partition coefficient (Wildman–Crippen LogP) is 2.56. The molecule has 0 aliphatic carbocycles. The third kappa shape index (κ3) is 4.06. The molecule has 3 heterocycles. The summed E-state index contributed by atoms with van der Waals surface area (Å²) in [5.74, 6) is 0.167. The molecule has 0 spiro atoms. The maximum Gasteiger partial charge on any atom is 0.260 e. The van der Waals surface area contributed by atoms with Crippen LogP contribution in [0.4, 0.5) is 0 Å². The Morgan fingerprint density at radius 2 is 2.03 bits per heavy atom. The van der Waals surface area contributed by atoms with Gasteiger partial charge in [0.05, 0.1) is 46.5 Å². The summed E-state index contributed by atoms with van der Waals surface area (Å²) in [6.07, 6.45) is 2.93. The highest BCUT2D eigenvalue weighted by Gasteiger charge is 2.37. The van der Waals surface area contributed by atoms with Crippen molar-refractivity contribution in [2.75, 3.05) is 27.2 Å². The number of likely N-dealkylation sites (tertiary alicyclic amines) is 1. The second-order valence-corrected chi connectivity index (χ2v) is 8.83. The Morgan fingerprint density at radius 3 is 2.77 bits per heavy atom. The molecule has 180 valence electrons. The van der Waals surface area contributed by atoms with Crippen LogP contribution in [0.3, 0.4) is 0 Å². The molecule has 5 rings (SSSR count). The molecule has 2 N–H and O–H groups in total. The first-order valence-corrected chi connectivity index (χ1v) is 11.5. The van der Waals surface area contributed by atoms with Crippen LogP contribution in [0.1, 0.15) is 30.1 Å². The molecule has 35 heavy (non-hydrogen) atoms. The zero-order chi connectivity index (χ0) is 24.7. The summed E-state index contributed by atoms with van der Waals surface area (Å²) in [6.45, 7) is 2.80. The van der Waals surface area contributed by atoms with Crippen LogP contribution in [0.5, 0.6) is 5.75 Å². The average molecular weight is 475 g/mol. The standard InChI is InChI=1S/C25H26N6O4/c1-4-9-35-21-6-5-14(24(33)31-8-7-20(25(31)34)30(2)3)10-16(21)22-28-17-12-19-18(26-13-27-19)11-15(17)23(32)29-22/h5-6,10-13,20H,4,7-9H2,1-3H3,(H,26,27)(H,28,29,32)/t20-/m0/s1. The van der Waals surface area contributed by atoms with Crippen molar-refractivity contribution in [2.45, 2.75) is 25.8 Å². The van der Waals surface area contributed by atoms with E-state index in [1.54, 1.807) is 36.7 Å². The van der Waals surface area contributed by atoms with E-state index in [9.17, 15) is 14.4 Å². The lowest BCUT2D eigenvalue weighted by atomic mass is 10.1. The Kier molecular flexibility index (Phi) is 5.81. The zero-order valence-electron chi connectivity index (χ0n) is 19.8. The van der Waals surface area contributed by atoms with E-state index >= 15 is 0 Å². The molecule has 2 amide bonds. The number of rotatable bonds is 6. The third-order valence-electron chi connectivity index (χ3n) is 6.24. The van der Waals surface area contributed by atoms with Crippen LogP contribution in [-0.4, -0.2) is 74.8 Å². The second-order valence-electron chi connectivity index (χ2n) is 8.83. The van der Waals surface area contributed by atoms with Crippen molar-refractivity contribution in [3.63, 3.8) is 0 Å². The van der Waals surface area contributed by atoms with Gasteiger partial charge in [0.25, 0.3) is 11.5 Å². The number of nitrogens with zero attached hydrogens (tertiary/aromatic N) is 4. The molecule has 10 nitrogen and oxygen atoms in total. The van der Waals surface area contributed by atoms with E-state index < -0.39 is 0 Å². The minimum atomic E-state index is -0.385. The summed E-state index contributed by atoms with van der Waals surface area (Å²) in [4.78, 5) is 56.8. The van der Waals surface area contributed by atoms with E-state index in [2.05, 4.69) is 19.9 Å². The van der Waals surface area contributed by atoms with Gasteiger partial charge < -0.3 is 14.7 Å². The lowest BCUT2D eigenvalue weighted by Gasteiger charge is -2.19. The molecule has 1 atom stereocenters. The quantitative estimate of drug-likeness (QED) is 0.412. The van der Waals surface area contributed by atoms with Gasteiger partial charge in [-0.25, -0.2) is 9.97 Å². The van der Waals surface area contributed by atoms with Gasteiger partial charge in [-0.2, -0.15) is 0 Å². The van der Waals surface area contributed by atoms with Crippen LogP contribution in [-0.2, 0) is 4.79 Å². The van der Waals surface area contributed by atoms with Gasteiger partial charge in [0.2, 0.25) is 5.91 Å². The van der Waals surface area contributed by atoms with Crippen molar-refractivity contribution >= 4 is 33.8 Å². The number of carbonyl (C=O) groups is 2. The summed E-state index contributed by atoms with van der Waals surface area (Å²) in [5, 5.41) is 0.422. The maximum absolute atomic E-state index is 13.3. The first kappa shape index (κ1) is 22.7. The molecule has 1 fully saturated rings. The molecule has 1 saturated heterocycles. The van der Waals surface area contributed by atoms with Crippen molar-refractivity contribution in [3.05, 3.63) is 52.6 Å². The molecule has 0 saturated carbocycles. The largest absolute Gasteiger partial charge is 0.493 e. The molecular formula is C25H26N6O4. The van der Waals surface area contributed by atoms with E-state index in [-0.39, 0.29) is 29.2 Å². The zero-order valence-corrected chi connectivity index (χ0v) is 19.8. The Hall–Kier alpha value is -4.05. The molecule has 0 bridgehead atoms. The number of H-pyrrole nitrogens is 2. The van der Waals surface area contributed by atoms with Crippen molar-refractivity contribution in [3.8, 4) is 17.1 Å². The number of fused-ring (bicyclic) bond motifs is 2. The summed E-state index contributed by atoms with van der Waals surface area (Å²) < 4.78 is 5.90.